The van der Waals surface area contributed by atoms with Gasteiger partial charge in [0.1, 0.15) is 0 Å². The molecule has 2 rings (SSSR count). The second kappa shape index (κ2) is 6.67. The Kier molecular flexibility index (Phi) is 5.15. The summed E-state index contributed by atoms with van der Waals surface area (Å²) >= 11 is 0. The van der Waals surface area contributed by atoms with Crippen LogP contribution >= 0.6 is 0 Å². The van der Waals surface area contributed by atoms with Gasteiger partial charge in [-0.25, -0.2) is 0 Å². The standard InChI is InChI=1S/C14H28N6/c1-5-11-8-12(20(4)17-11)9-13(16-15)14-10-18(2)6-7-19(14)3/h8,13-14,16H,5-7,9-10,15H2,1-4H3. The fourth-order valence-electron chi connectivity index (χ4n) is 2.95. The van der Waals surface area contributed by atoms with Gasteiger partial charge in [0.15, 0.2) is 0 Å². The van der Waals surface area contributed by atoms with Crippen molar-refractivity contribution in [2.24, 2.45) is 12.9 Å². The Morgan fingerprint density at radius 2 is 2.15 bits per heavy atom. The number of nitrogens with zero attached hydrogens (tertiary/aromatic N) is 4. The molecule has 114 valence electrons. The average molecular weight is 280 g/mol. The number of rotatable bonds is 5. The zero-order chi connectivity index (χ0) is 14.7. The Hall–Kier alpha value is -0.950. The van der Waals surface area contributed by atoms with Crippen molar-refractivity contribution < 1.29 is 0 Å². The van der Waals surface area contributed by atoms with Crippen LogP contribution in [0.15, 0.2) is 6.07 Å². The molecule has 3 N–H and O–H groups in total. The highest BCUT2D eigenvalue weighted by atomic mass is 15.3. The fourth-order valence-corrected chi connectivity index (χ4v) is 2.95. The average Bonchev–Trinajstić information content (AvgIpc) is 2.79. The molecule has 1 aliphatic heterocycles. The van der Waals surface area contributed by atoms with Crippen molar-refractivity contribution in [2.75, 3.05) is 33.7 Å². The van der Waals surface area contributed by atoms with E-state index < -0.39 is 0 Å². The summed E-state index contributed by atoms with van der Waals surface area (Å²) < 4.78 is 1.98. The van der Waals surface area contributed by atoms with Gasteiger partial charge in [-0.05, 0) is 26.6 Å². The topological polar surface area (TPSA) is 62.4 Å². The number of aryl methyl sites for hydroxylation is 2. The van der Waals surface area contributed by atoms with Crippen molar-refractivity contribution in [1.82, 2.24) is 25.0 Å². The van der Waals surface area contributed by atoms with E-state index in [-0.39, 0.29) is 6.04 Å². The summed E-state index contributed by atoms with van der Waals surface area (Å²) in [7, 11) is 6.37. The third-order valence-corrected chi connectivity index (χ3v) is 4.40. The summed E-state index contributed by atoms with van der Waals surface area (Å²) in [5, 5.41) is 4.52. The van der Waals surface area contributed by atoms with Crippen molar-refractivity contribution in [2.45, 2.75) is 31.8 Å². The third-order valence-electron chi connectivity index (χ3n) is 4.40. The second-order valence-corrected chi connectivity index (χ2v) is 5.89. The van der Waals surface area contributed by atoms with Crippen LogP contribution in [-0.4, -0.2) is 65.4 Å². The van der Waals surface area contributed by atoms with Crippen molar-refractivity contribution in [1.29, 1.82) is 0 Å². The van der Waals surface area contributed by atoms with Gasteiger partial charge in [0, 0.05) is 50.9 Å². The van der Waals surface area contributed by atoms with Crippen LogP contribution in [0.1, 0.15) is 18.3 Å². The molecule has 0 spiro atoms. The Balaban J connectivity index is 2.09. The molecule has 1 saturated heterocycles. The first-order valence-corrected chi connectivity index (χ1v) is 7.41. The maximum atomic E-state index is 5.82. The molecule has 0 bridgehead atoms. The summed E-state index contributed by atoms with van der Waals surface area (Å²) in [4.78, 5) is 4.78. The summed E-state index contributed by atoms with van der Waals surface area (Å²) in [5.74, 6) is 5.82. The van der Waals surface area contributed by atoms with Crippen molar-refractivity contribution in [3.05, 3.63) is 17.5 Å². The lowest BCUT2D eigenvalue weighted by atomic mass is 9.99. The molecule has 0 radical (unpaired) electrons. The van der Waals surface area contributed by atoms with Gasteiger partial charge in [0.2, 0.25) is 0 Å². The van der Waals surface area contributed by atoms with Gasteiger partial charge in [0.25, 0.3) is 0 Å². The minimum Gasteiger partial charge on any atom is -0.303 e. The molecule has 0 saturated carbocycles. The lowest BCUT2D eigenvalue weighted by Gasteiger charge is -2.41. The van der Waals surface area contributed by atoms with Crippen LogP contribution in [0.2, 0.25) is 0 Å². The van der Waals surface area contributed by atoms with E-state index in [2.05, 4.69) is 47.4 Å². The largest absolute Gasteiger partial charge is 0.303 e. The fraction of sp³-hybridized carbons (Fsp3) is 0.786. The quantitative estimate of drug-likeness (QED) is 0.568. The Labute approximate surface area is 121 Å². The SMILES string of the molecule is CCc1cc(CC(NN)C2CN(C)CCN2C)n(C)n1. The Morgan fingerprint density at radius 3 is 2.75 bits per heavy atom. The van der Waals surface area contributed by atoms with Crippen LogP contribution in [0, 0.1) is 0 Å². The molecule has 1 fully saturated rings. The molecule has 2 atom stereocenters. The minimum atomic E-state index is 0.239. The highest BCUT2D eigenvalue weighted by Gasteiger charge is 2.29. The zero-order valence-corrected chi connectivity index (χ0v) is 13.1. The van der Waals surface area contributed by atoms with Crippen LogP contribution < -0.4 is 11.3 Å². The molecule has 6 nitrogen and oxygen atoms in total. The lowest BCUT2D eigenvalue weighted by Crippen LogP contribution is -2.60. The molecule has 1 aromatic rings. The molecule has 20 heavy (non-hydrogen) atoms. The number of aromatic nitrogens is 2. The molecule has 1 aromatic heterocycles. The molecular formula is C14H28N6. The van der Waals surface area contributed by atoms with Gasteiger partial charge in [-0.1, -0.05) is 6.92 Å². The maximum Gasteiger partial charge on any atom is 0.0624 e. The van der Waals surface area contributed by atoms with Gasteiger partial charge in [-0.15, -0.1) is 0 Å². The second-order valence-electron chi connectivity index (χ2n) is 5.89. The minimum absolute atomic E-state index is 0.239. The molecular weight excluding hydrogens is 252 g/mol. The number of piperazine rings is 1. The van der Waals surface area contributed by atoms with E-state index in [0.29, 0.717) is 6.04 Å². The van der Waals surface area contributed by atoms with E-state index in [1.54, 1.807) is 0 Å². The van der Waals surface area contributed by atoms with Gasteiger partial charge in [-0.2, -0.15) is 5.10 Å². The number of nitrogens with one attached hydrogen (secondary N) is 1. The molecule has 0 aliphatic carbocycles. The number of nitrogens with two attached hydrogens (primary N) is 1. The molecule has 0 amide bonds. The van der Waals surface area contributed by atoms with E-state index in [1.165, 1.54) is 5.69 Å². The first kappa shape index (κ1) is 15.4. The van der Waals surface area contributed by atoms with E-state index >= 15 is 0 Å². The van der Waals surface area contributed by atoms with Crippen LogP contribution in [0.4, 0.5) is 0 Å². The van der Waals surface area contributed by atoms with Gasteiger partial charge >= 0.3 is 0 Å². The first-order chi connectivity index (χ1) is 9.55. The summed E-state index contributed by atoms with van der Waals surface area (Å²) in [6.45, 7) is 5.39. The van der Waals surface area contributed by atoms with E-state index in [9.17, 15) is 0 Å². The zero-order valence-electron chi connectivity index (χ0n) is 13.1. The van der Waals surface area contributed by atoms with Crippen LogP contribution in [0.3, 0.4) is 0 Å². The predicted octanol–water partition coefficient (Wildman–Crippen LogP) is -0.397. The molecule has 6 heteroatoms. The van der Waals surface area contributed by atoms with Gasteiger partial charge in [-0.3, -0.25) is 20.9 Å². The number of hydrogen-bond acceptors (Lipinski definition) is 5. The lowest BCUT2D eigenvalue weighted by molar-refractivity contribution is 0.0872. The molecule has 0 aromatic carbocycles. The summed E-state index contributed by atoms with van der Waals surface area (Å²) in [6, 6.07) is 2.86. The summed E-state index contributed by atoms with van der Waals surface area (Å²) in [5.41, 5.74) is 5.40. The Bertz CT molecular complexity index is 429. The highest BCUT2D eigenvalue weighted by molar-refractivity contribution is 5.12. The van der Waals surface area contributed by atoms with Crippen molar-refractivity contribution >= 4 is 0 Å². The number of hydrazine groups is 1. The van der Waals surface area contributed by atoms with E-state index in [0.717, 1.165) is 38.2 Å². The molecule has 1 aliphatic rings. The maximum absolute atomic E-state index is 5.82. The van der Waals surface area contributed by atoms with Gasteiger partial charge in [0.05, 0.1) is 5.69 Å². The molecule has 2 unspecified atom stereocenters. The van der Waals surface area contributed by atoms with E-state index in [1.807, 2.05) is 11.7 Å². The molecule has 2 heterocycles. The summed E-state index contributed by atoms with van der Waals surface area (Å²) in [6.07, 6.45) is 1.88. The van der Waals surface area contributed by atoms with Crippen LogP contribution in [-0.2, 0) is 19.9 Å². The first-order valence-electron chi connectivity index (χ1n) is 7.41. The van der Waals surface area contributed by atoms with Crippen LogP contribution in [0.5, 0.6) is 0 Å². The Morgan fingerprint density at radius 1 is 1.40 bits per heavy atom. The number of hydrogen-bond donors (Lipinski definition) is 2. The number of likely N-dealkylation sites (N-methyl/N-ethyl adjacent to an activating group) is 2. The highest BCUT2D eigenvalue weighted by Crippen LogP contribution is 2.14. The monoisotopic (exact) mass is 280 g/mol. The third kappa shape index (κ3) is 3.38. The van der Waals surface area contributed by atoms with Crippen molar-refractivity contribution in [3.63, 3.8) is 0 Å². The van der Waals surface area contributed by atoms with Crippen molar-refractivity contribution in [3.8, 4) is 0 Å². The van der Waals surface area contributed by atoms with Gasteiger partial charge < -0.3 is 4.90 Å². The van der Waals surface area contributed by atoms with Crippen LogP contribution in [0.25, 0.3) is 0 Å². The smallest absolute Gasteiger partial charge is 0.0624 e. The normalized spacial score (nSPS) is 23.1. The predicted molar refractivity (Wildman–Crippen MR) is 81.3 cm³/mol. The van der Waals surface area contributed by atoms with E-state index in [4.69, 9.17) is 5.84 Å².